The molecule has 3 nitrogen and oxygen atoms in total. The van der Waals surface area contributed by atoms with Crippen molar-refractivity contribution >= 4 is 11.6 Å². The molecule has 1 fully saturated rings. The second kappa shape index (κ2) is 5.80. The predicted molar refractivity (Wildman–Crippen MR) is 79.4 cm³/mol. The van der Waals surface area contributed by atoms with E-state index in [9.17, 15) is 0 Å². The third kappa shape index (κ3) is 2.79. The number of benzene rings is 1. The number of rotatable bonds is 5. The van der Waals surface area contributed by atoms with E-state index in [1.165, 1.54) is 5.56 Å². The molecular weight excluding hydrogens is 260 g/mol. The van der Waals surface area contributed by atoms with Crippen molar-refractivity contribution in [3.8, 4) is 0 Å². The van der Waals surface area contributed by atoms with Crippen LogP contribution in [0.5, 0.6) is 0 Å². The lowest BCUT2D eigenvalue weighted by molar-refractivity contribution is -0.0904. The van der Waals surface area contributed by atoms with Crippen LogP contribution in [0.2, 0.25) is 5.02 Å². The molecule has 0 aromatic heterocycles. The fraction of sp³-hybridized carbons (Fsp3) is 0.600. The van der Waals surface area contributed by atoms with E-state index < -0.39 is 0 Å². The summed E-state index contributed by atoms with van der Waals surface area (Å²) in [6.07, 6.45) is 2.35. The predicted octanol–water partition coefficient (Wildman–Crippen LogP) is 2.84. The third-order valence-corrected chi connectivity index (χ3v) is 4.82. The van der Waals surface area contributed by atoms with Crippen molar-refractivity contribution in [3.63, 3.8) is 0 Å². The van der Waals surface area contributed by atoms with Crippen LogP contribution >= 0.6 is 11.6 Å². The number of methoxy groups -OCH3 is 1. The Bertz CT molecular complexity index is 432. The summed E-state index contributed by atoms with van der Waals surface area (Å²) < 4.78 is 5.39. The number of nitrogens with zero attached hydrogens (tertiary/aromatic N) is 1. The standard InChI is InChI=1S/C15H23ClN2O/c1-11(12-5-4-6-13(16)7-12)18(2)15(10-17)8-14(9-15)19-3/h4-7,11,14H,8-10,17H2,1-3H3. The highest BCUT2D eigenvalue weighted by Gasteiger charge is 2.47. The second-order valence-corrected chi connectivity index (χ2v) is 5.97. The van der Waals surface area contributed by atoms with Gasteiger partial charge in [-0.25, -0.2) is 0 Å². The number of likely N-dealkylation sites (N-methyl/N-ethyl adjacent to an activating group) is 1. The molecule has 0 saturated heterocycles. The molecule has 0 heterocycles. The summed E-state index contributed by atoms with van der Waals surface area (Å²) in [7, 11) is 3.91. The summed E-state index contributed by atoms with van der Waals surface area (Å²) in [5, 5.41) is 0.780. The molecule has 0 bridgehead atoms. The van der Waals surface area contributed by atoms with E-state index in [1.54, 1.807) is 7.11 Å². The first-order valence-electron chi connectivity index (χ1n) is 6.73. The minimum atomic E-state index is 0.0579. The lowest BCUT2D eigenvalue weighted by atomic mass is 9.72. The van der Waals surface area contributed by atoms with Gasteiger partial charge in [-0.05, 0) is 44.5 Å². The molecule has 0 spiro atoms. The van der Waals surface area contributed by atoms with Crippen molar-refractivity contribution in [1.82, 2.24) is 4.90 Å². The average molecular weight is 283 g/mol. The molecule has 1 saturated carbocycles. The topological polar surface area (TPSA) is 38.5 Å². The van der Waals surface area contributed by atoms with Crippen LogP contribution in [0.25, 0.3) is 0 Å². The largest absolute Gasteiger partial charge is 0.381 e. The highest BCUT2D eigenvalue weighted by atomic mass is 35.5. The van der Waals surface area contributed by atoms with Crippen molar-refractivity contribution in [2.75, 3.05) is 20.7 Å². The summed E-state index contributed by atoms with van der Waals surface area (Å²) in [6, 6.07) is 8.33. The van der Waals surface area contributed by atoms with Crippen LogP contribution in [-0.2, 0) is 4.74 Å². The Morgan fingerprint density at radius 1 is 1.53 bits per heavy atom. The second-order valence-electron chi connectivity index (χ2n) is 5.54. The number of halogens is 1. The molecule has 19 heavy (non-hydrogen) atoms. The summed E-state index contributed by atoms with van der Waals surface area (Å²) >= 11 is 6.07. The summed E-state index contributed by atoms with van der Waals surface area (Å²) in [5.74, 6) is 0. The smallest absolute Gasteiger partial charge is 0.0607 e. The minimum Gasteiger partial charge on any atom is -0.381 e. The van der Waals surface area contributed by atoms with Crippen LogP contribution in [0, 0.1) is 0 Å². The Morgan fingerprint density at radius 3 is 2.74 bits per heavy atom. The maximum atomic E-state index is 6.07. The molecule has 1 aliphatic carbocycles. The molecule has 1 aromatic rings. The molecule has 2 N–H and O–H groups in total. The third-order valence-electron chi connectivity index (χ3n) is 4.59. The van der Waals surface area contributed by atoms with E-state index in [1.807, 2.05) is 18.2 Å². The highest BCUT2D eigenvalue weighted by molar-refractivity contribution is 6.30. The number of ether oxygens (including phenoxy) is 1. The van der Waals surface area contributed by atoms with Crippen molar-refractivity contribution in [2.45, 2.75) is 37.5 Å². The van der Waals surface area contributed by atoms with Crippen molar-refractivity contribution in [2.24, 2.45) is 5.73 Å². The number of nitrogens with two attached hydrogens (primary N) is 1. The Morgan fingerprint density at radius 2 is 2.21 bits per heavy atom. The molecule has 0 aliphatic heterocycles. The zero-order valence-electron chi connectivity index (χ0n) is 11.9. The van der Waals surface area contributed by atoms with Gasteiger partial charge in [0.2, 0.25) is 0 Å². The van der Waals surface area contributed by atoms with Gasteiger partial charge in [-0.1, -0.05) is 23.7 Å². The molecule has 4 heteroatoms. The van der Waals surface area contributed by atoms with E-state index in [2.05, 4.69) is 24.9 Å². The zero-order valence-corrected chi connectivity index (χ0v) is 12.7. The fourth-order valence-corrected chi connectivity index (χ4v) is 3.15. The van der Waals surface area contributed by atoms with Gasteiger partial charge < -0.3 is 10.5 Å². The Labute approximate surface area is 120 Å². The summed E-state index contributed by atoms with van der Waals surface area (Å²) in [4.78, 5) is 2.37. The molecule has 2 rings (SSSR count). The average Bonchev–Trinajstić information content (AvgIpc) is 2.37. The molecule has 1 atom stereocenters. The number of hydrogen-bond acceptors (Lipinski definition) is 3. The molecule has 0 radical (unpaired) electrons. The Hall–Kier alpha value is -0.610. The lowest BCUT2D eigenvalue weighted by Gasteiger charge is -2.54. The van der Waals surface area contributed by atoms with E-state index in [0.717, 1.165) is 17.9 Å². The normalized spacial score (nSPS) is 28.2. The van der Waals surface area contributed by atoms with Crippen molar-refractivity contribution < 1.29 is 4.74 Å². The van der Waals surface area contributed by atoms with Crippen LogP contribution in [0.15, 0.2) is 24.3 Å². The van der Waals surface area contributed by atoms with Crippen LogP contribution in [0.1, 0.15) is 31.4 Å². The van der Waals surface area contributed by atoms with E-state index in [-0.39, 0.29) is 5.54 Å². The van der Waals surface area contributed by atoms with Gasteiger partial charge in [0.1, 0.15) is 0 Å². The van der Waals surface area contributed by atoms with Crippen LogP contribution in [-0.4, -0.2) is 37.2 Å². The first kappa shape index (κ1) is 14.8. The monoisotopic (exact) mass is 282 g/mol. The van der Waals surface area contributed by atoms with Gasteiger partial charge in [0.15, 0.2) is 0 Å². The van der Waals surface area contributed by atoms with Gasteiger partial charge in [0.25, 0.3) is 0 Å². The molecular formula is C15H23ClN2O. The van der Waals surface area contributed by atoms with Gasteiger partial charge in [-0.15, -0.1) is 0 Å². The Balaban J connectivity index is 2.12. The number of hydrogen-bond donors (Lipinski definition) is 1. The molecule has 0 amide bonds. The molecule has 106 valence electrons. The molecule has 1 aromatic carbocycles. The van der Waals surface area contributed by atoms with Gasteiger partial charge in [-0.3, -0.25) is 4.90 Å². The van der Waals surface area contributed by atoms with Gasteiger partial charge >= 0.3 is 0 Å². The first-order chi connectivity index (χ1) is 9.02. The maximum Gasteiger partial charge on any atom is 0.0607 e. The fourth-order valence-electron chi connectivity index (χ4n) is 2.95. The lowest BCUT2D eigenvalue weighted by Crippen LogP contribution is -2.63. The quantitative estimate of drug-likeness (QED) is 0.902. The van der Waals surface area contributed by atoms with Crippen molar-refractivity contribution in [1.29, 1.82) is 0 Å². The van der Waals surface area contributed by atoms with Gasteiger partial charge in [0.05, 0.1) is 6.10 Å². The first-order valence-corrected chi connectivity index (χ1v) is 7.11. The van der Waals surface area contributed by atoms with Gasteiger partial charge in [0, 0.05) is 30.3 Å². The summed E-state index contributed by atoms with van der Waals surface area (Å²) in [6.45, 7) is 2.86. The van der Waals surface area contributed by atoms with E-state index in [0.29, 0.717) is 18.7 Å². The van der Waals surface area contributed by atoms with E-state index in [4.69, 9.17) is 22.1 Å². The molecule has 1 aliphatic rings. The highest BCUT2D eigenvalue weighted by Crippen LogP contribution is 2.42. The Kier molecular flexibility index (Phi) is 4.51. The van der Waals surface area contributed by atoms with Crippen LogP contribution < -0.4 is 5.73 Å². The van der Waals surface area contributed by atoms with Crippen LogP contribution in [0.3, 0.4) is 0 Å². The van der Waals surface area contributed by atoms with E-state index >= 15 is 0 Å². The summed E-state index contributed by atoms with van der Waals surface area (Å²) in [5.41, 5.74) is 7.29. The molecule has 1 unspecified atom stereocenters. The van der Waals surface area contributed by atoms with Crippen molar-refractivity contribution in [3.05, 3.63) is 34.9 Å². The SMILES string of the molecule is COC1CC(CN)(N(C)C(C)c2cccc(Cl)c2)C1. The minimum absolute atomic E-state index is 0.0579. The van der Waals surface area contributed by atoms with Crippen LogP contribution in [0.4, 0.5) is 0 Å². The zero-order chi connectivity index (χ0) is 14.0. The maximum absolute atomic E-state index is 6.07. The van der Waals surface area contributed by atoms with Gasteiger partial charge in [-0.2, -0.15) is 0 Å².